The van der Waals surface area contributed by atoms with Crippen LogP contribution in [0.3, 0.4) is 0 Å². The smallest absolute Gasteiger partial charge is 0.404 e. The van der Waals surface area contributed by atoms with E-state index in [-0.39, 0.29) is 35.8 Å². The normalized spacial score (nSPS) is 17.2. The Balaban J connectivity index is 1.28. The summed E-state index contributed by atoms with van der Waals surface area (Å²) in [6.45, 7) is 2.80. The van der Waals surface area contributed by atoms with Gasteiger partial charge in [0.25, 0.3) is 0 Å². The fourth-order valence-corrected chi connectivity index (χ4v) is 5.97. The molecule has 2 aliphatic heterocycles. The molecule has 0 aromatic carbocycles. The first-order valence-electron chi connectivity index (χ1n) is 15.0. The maximum absolute atomic E-state index is 16.2. The van der Waals surface area contributed by atoms with Gasteiger partial charge in [-0.25, -0.2) is 28.7 Å². The number of nitrogens with one attached hydrogen (secondary N) is 2. The third kappa shape index (κ3) is 6.62. The summed E-state index contributed by atoms with van der Waals surface area (Å²) in [5, 5.41) is 27.9. The molecular weight excluding hydrogens is 579 g/mol. The number of hydrogen-bond acceptors (Lipinski definition) is 9. The van der Waals surface area contributed by atoms with Crippen molar-refractivity contribution in [3.63, 3.8) is 0 Å². The van der Waals surface area contributed by atoms with E-state index >= 15 is 4.39 Å². The molecule has 6 rings (SSSR count). The summed E-state index contributed by atoms with van der Waals surface area (Å²) >= 11 is 0. The number of likely N-dealkylation sites (tertiary alicyclic amines) is 1. The summed E-state index contributed by atoms with van der Waals surface area (Å²) in [6.07, 6.45) is 6.95. The highest BCUT2D eigenvalue weighted by Crippen LogP contribution is 2.32. The largest absolute Gasteiger partial charge is 0.465 e. The second-order valence-corrected chi connectivity index (χ2v) is 11.3. The summed E-state index contributed by atoms with van der Waals surface area (Å²) in [5.74, 6) is 0.472. The van der Waals surface area contributed by atoms with Crippen LogP contribution >= 0.6 is 0 Å². The zero-order chi connectivity index (χ0) is 31.3. The Hall–Kier alpha value is -5.32. The van der Waals surface area contributed by atoms with Crippen molar-refractivity contribution in [2.45, 2.75) is 38.1 Å². The van der Waals surface area contributed by atoms with Crippen molar-refractivity contribution in [3.05, 3.63) is 54.7 Å². The lowest BCUT2D eigenvalue weighted by Gasteiger charge is -2.33. The molecule has 0 aliphatic carbocycles. The van der Waals surface area contributed by atoms with Gasteiger partial charge in [0.2, 0.25) is 5.91 Å². The highest BCUT2D eigenvalue weighted by molar-refractivity contribution is 5.79. The Morgan fingerprint density at radius 2 is 1.93 bits per heavy atom. The quantitative estimate of drug-likeness (QED) is 0.267. The van der Waals surface area contributed by atoms with Crippen molar-refractivity contribution in [3.8, 4) is 28.7 Å². The zero-order valence-electron chi connectivity index (χ0n) is 24.6. The molecule has 0 radical (unpaired) electrons. The van der Waals surface area contributed by atoms with Gasteiger partial charge in [-0.15, -0.1) is 0 Å². The lowest BCUT2D eigenvalue weighted by atomic mass is 9.97. The molecule has 0 bridgehead atoms. The van der Waals surface area contributed by atoms with Gasteiger partial charge in [0, 0.05) is 56.7 Å². The molecule has 13 nitrogen and oxygen atoms in total. The van der Waals surface area contributed by atoms with Gasteiger partial charge in [0.05, 0.1) is 23.3 Å². The van der Waals surface area contributed by atoms with Crippen LogP contribution in [0.1, 0.15) is 32.1 Å². The number of fused-ring (bicyclic) bond motifs is 1. The van der Waals surface area contributed by atoms with Crippen LogP contribution in [0.15, 0.2) is 48.9 Å². The molecular formula is C31H33FN10O3. The molecule has 0 spiro atoms. The average molecular weight is 613 g/mol. The van der Waals surface area contributed by atoms with Crippen molar-refractivity contribution < 1.29 is 19.1 Å². The fraction of sp³-hybridized carbons (Fsp3) is 0.387. The van der Waals surface area contributed by atoms with Gasteiger partial charge in [-0.2, -0.15) is 10.4 Å². The number of carbonyl (C=O) groups excluding carboxylic acids is 1. The molecule has 3 N–H and O–H groups in total. The Kier molecular flexibility index (Phi) is 8.68. The van der Waals surface area contributed by atoms with Crippen LogP contribution < -0.4 is 15.5 Å². The number of hydrogen-bond donors (Lipinski definition) is 3. The molecule has 2 aliphatic rings. The fourth-order valence-electron chi connectivity index (χ4n) is 5.97. The number of carboxylic acid groups (broad SMARTS) is 1. The number of piperidine rings is 2. The minimum atomic E-state index is -1.01. The molecule has 0 saturated carbocycles. The molecule has 14 heteroatoms. The molecule has 232 valence electrons. The van der Waals surface area contributed by atoms with E-state index in [9.17, 15) is 9.59 Å². The van der Waals surface area contributed by atoms with Crippen LogP contribution in [0.5, 0.6) is 0 Å². The number of pyridine rings is 2. The van der Waals surface area contributed by atoms with Gasteiger partial charge in [0.1, 0.15) is 17.9 Å². The van der Waals surface area contributed by atoms with Crippen LogP contribution in [-0.2, 0) is 4.79 Å². The second-order valence-electron chi connectivity index (χ2n) is 11.3. The summed E-state index contributed by atoms with van der Waals surface area (Å²) in [4.78, 5) is 40.9. The van der Waals surface area contributed by atoms with Crippen molar-refractivity contribution in [1.29, 1.82) is 5.26 Å². The van der Waals surface area contributed by atoms with E-state index < -0.39 is 11.9 Å². The van der Waals surface area contributed by atoms with E-state index in [4.69, 9.17) is 10.4 Å². The Labute approximate surface area is 258 Å². The molecule has 4 aromatic heterocycles. The number of carbonyl (C=O) groups is 2. The number of nitriles is 1. The van der Waals surface area contributed by atoms with Gasteiger partial charge >= 0.3 is 6.09 Å². The molecule has 0 unspecified atom stereocenters. The van der Waals surface area contributed by atoms with Crippen LogP contribution in [0, 0.1) is 23.1 Å². The van der Waals surface area contributed by atoms with E-state index in [1.165, 1.54) is 0 Å². The average Bonchev–Trinajstić information content (AvgIpc) is 3.50. The van der Waals surface area contributed by atoms with Gasteiger partial charge in [0.15, 0.2) is 17.5 Å². The van der Waals surface area contributed by atoms with E-state index in [0.717, 1.165) is 37.3 Å². The molecule has 2 amide bonds. The maximum atomic E-state index is 16.2. The number of amides is 2. The predicted octanol–water partition coefficient (Wildman–Crippen LogP) is 3.79. The first-order chi connectivity index (χ1) is 21.9. The highest BCUT2D eigenvalue weighted by Gasteiger charge is 2.27. The van der Waals surface area contributed by atoms with Crippen molar-refractivity contribution in [1.82, 2.24) is 34.8 Å². The Morgan fingerprint density at radius 1 is 1.09 bits per heavy atom. The van der Waals surface area contributed by atoms with Crippen molar-refractivity contribution >= 4 is 29.2 Å². The number of nitrogens with zero attached hydrogens (tertiary/aromatic N) is 8. The van der Waals surface area contributed by atoms with Crippen LogP contribution in [0.4, 0.5) is 20.8 Å². The van der Waals surface area contributed by atoms with Crippen LogP contribution in [0.2, 0.25) is 0 Å². The molecule has 45 heavy (non-hydrogen) atoms. The maximum Gasteiger partial charge on any atom is 0.404 e. The Bertz CT molecular complexity index is 1730. The van der Waals surface area contributed by atoms with Crippen molar-refractivity contribution in [2.24, 2.45) is 5.92 Å². The number of rotatable bonds is 8. The van der Waals surface area contributed by atoms with Gasteiger partial charge in [-0.1, -0.05) is 6.07 Å². The first kappa shape index (κ1) is 29.7. The van der Waals surface area contributed by atoms with Gasteiger partial charge in [-0.05, 0) is 55.9 Å². The number of anilines is 2. The van der Waals surface area contributed by atoms with Crippen LogP contribution in [0.25, 0.3) is 28.2 Å². The summed E-state index contributed by atoms with van der Waals surface area (Å²) in [6, 6.07) is 10.9. The topological polar surface area (TPSA) is 165 Å². The molecule has 2 fully saturated rings. The molecule has 2 saturated heterocycles. The SMILES string of the molecule is N#CCC(=O)N1CCC[C@@H](Nc2nc(-c3cnn4ccccc34)nc(-c3ccc(N4CCC(CNC(=O)O)CC4)nc3)c2F)C1. The summed E-state index contributed by atoms with van der Waals surface area (Å²) < 4.78 is 17.9. The van der Waals surface area contributed by atoms with Crippen LogP contribution in [-0.4, -0.2) is 85.3 Å². The first-order valence-corrected chi connectivity index (χ1v) is 15.0. The van der Waals surface area contributed by atoms with Crippen molar-refractivity contribution in [2.75, 3.05) is 42.9 Å². The molecule has 4 aromatic rings. The lowest BCUT2D eigenvalue weighted by molar-refractivity contribution is -0.131. The molecule has 1 atom stereocenters. The van der Waals surface area contributed by atoms with Gasteiger partial charge in [-0.3, -0.25) is 4.79 Å². The minimum Gasteiger partial charge on any atom is -0.465 e. The third-order valence-electron chi connectivity index (χ3n) is 8.37. The van der Waals surface area contributed by atoms with E-state index in [1.54, 1.807) is 27.9 Å². The summed E-state index contributed by atoms with van der Waals surface area (Å²) in [5.41, 5.74) is 1.97. The number of aromatic nitrogens is 5. The van der Waals surface area contributed by atoms with E-state index in [2.05, 4.69) is 35.6 Å². The number of halogens is 1. The second kappa shape index (κ2) is 13.1. The monoisotopic (exact) mass is 612 g/mol. The Morgan fingerprint density at radius 3 is 2.69 bits per heavy atom. The third-order valence-corrected chi connectivity index (χ3v) is 8.37. The summed E-state index contributed by atoms with van der Waals surface area (Å²) in [7, 11) is 0. The lowest BCUT2D eigenvalue weighted by Crippen LogP contribution is -2.45. The highest BCUT2D eigenvalue weighted by atomic mass is 19.1. The molecule has 6 heterocycles. The zero-order valence-corrected chi connectivity index (χ0v) is 24.6. The van der Waals surface area contributed by atoms with Gasteiger partial charge < -0.3 is 25.5 Å². The standard InChI is InChI=1S/C31H33FN10O3/c32-27-28(21-6-7-25(34-17-21)40-14-9-20(10-15-40)16-35-31(44)45)38-29(23-18-36-42-13-2-1-5-24(23)42)39-30(27)37-22-4-3-12-41(19-22)26(43)8-11-33/h1-2,5-7,13,17-18,20,22,35H,3-4,8-10,12,14-16,19H2,(H,44,45)(H,37,38,39)/t22-/m1/s1. The minimum absolute atomic E-state index is 0.0194. The van der Waals surface area contributed by atoms with E-state index in [0.29, 0.717) is 49.4 Å². The van der Waals surface area contributed by atoms with E-state index in [1.807, 2.05) is 36.5 Å². The predicted molar refractivity (Wildman–Crippen MR) is 164 cm³/mol.